The Morgan fingerprint density at radius 2 is 1.64 bits per heavy atom. The van der Waals surface area contributed by atoms with Gasteiger partial charge in [0.25, 0.3) is 0 Å². The number of nitrogens with zero attached hydrogens (tertiary/aromatic N) is 2. The van der Waals surface area contributed by atoms with Crippen molar-refractivity contribution in [2.75, 3.05) is 11.4 Å². The summed E-state index contributed by atoms with van der Waals surface area (Å²) in [6, 6.07) is 24.5. The van der Waals surface area contributed by atoms with E-state index < -0.39 is 0 Å². The van der Waals surface area contributed by atoms with Crippen molar-refractivity contribution in [3.8, 4) is 0 Å². The van der Waals surface area contributed by atoms with Crippen LogP contribution in [-0.4, -0.2) is 23.3 Å². The van der Waals surface area contributed by atoms with Crippen molar-refractivity contribution < 1.29 is 9.59 Å². The topological polar surface area (TPSA) is 62.3 Å². The number of rotatable bonds is 5. The lowest BCUT2D eigenvalue weighted by atomic mass is 10.0. The molecule has 2 heterocycles. The molecular weight excluding hydrogens is 350 g/mol. The van der Waals surface area contributed by atoms with E-state index in [1.54, 1.807) is 11.1 Å². The smallest absolute Gasteiger partial charge is 0.227 e. The Morgan fingerprint density at radius 1 is 0.964 bits per heavy atom. The first-order valence-electron chi connectivity index (χ1n) is 9.34. The van der Waals surface area contributed by atoms with Crippen LogP contribution in [0.15, 0.2) is 85.1 Å². The highest BCUT2D eigenvalue weighted by Gasteiger charge is 2.36. The molecule has 1 aliphatic heterocycles. The zero-order chi connectivity index (χ0) is 19.3. The van der Waals surface area contributed by atoms with Gasteiger partial charge in [0.15, 0.2) is 0 Å². The van der Waals surface area contributed by atoms with Gasteiger partial charge >= 0.3 is 0 Å². The summed E-state index contributed by atoms with van der Waals surface area (Å²) in [6.45, 7) is 0.387. The second-order valence-corrected chi connectivity index (χ2v) is 6.85. The monoisotopic (exact) mass is 371 g/mol. The molecule has 5 nitrogen and oxygen atoms in total. The fourth-order valence-corrected chi connectivity index (χ4v) is 3.52. The van der Waals surface area contributed by atoms with Crippen LogP contribution in [0.2, 0.25) is 0 Å². The summed E-state index contributed by atoms with van der Waals surface area (Å²) in [4.78, 5) is 31.6. The van der Waals surface area contributed by atoms with E-state index in [0.29, 0.717) is 6.54 Å². The van der Waals surface area contributed by atoms with E-state index in [-0.39, 0.29) is 30.2 Å². The number of carbonyl (C=O) groups is 2. The molecular formula is C23H21N3O2. The zero-order valence-electron chi connectivity index (χ0n) is 15.4. The molecule has 1 fully saturated rings. The average molecular weight is 371 g/mol. The Kier molecular flexibility index (Phi) is 5.15. The van der Waals surface area contributed by atoms with Gasteiger partial charge in [-0.2, -0.15) is 0 Å². The molecule has 1 N–H and O–H groups in total. The molecule has 2 amide bonds. The maximum atomic E-state index is 13.0. The molecule has 0 saturated carbocycles. The SMILES string of the molecule is O=C(N[C@@H](c1ccccc1)c1ccccn1)[C@H]1CC(=O)N(c2ccccc2)C1. The van der Waals surface area contributed by atoms with Crippen LogP contribution in [0.25, 0.3) is 0 Å². The van der Waals surface area contributed by atoms with Crippen LogP contribution in [0, 0.1) is 5.92 Å². The minimum absolute atomic E-state index is 0.0274. The van der Waals surface area contributed by atoms with Gasteiger partial charge in [-0.15, -0.1) is 0 Å². The van der Waals surface area contributed by atoms with Gasteiger partial charge in [0.2, 0.25) is 11.8 Å². The van der Waals surface area contributed by atoms with Crippen molar-refractivity contribution in [3.05, 3.63) is 96.3 Å². The number of aromatic nitrogens is 1. The number of benzene rings is 2. The van der Waals surface area contributed by atoms with Crippen LogP contribution >= 0.6 is 0 Å². The fourth-order valence-electron chi connectivity index (χ4n) is 3.52. The molecule has 28 heavy (non-hydrogen) atoms. The molecule has 0 bridgehead atoms. The average Bonchev–Trinajstić information content (AvgIpc) is 3.15. The summed E-state index contributed by atoms with van der Waals surface area (Å²) >= 11 is 0. The van der Waals surface area contributed by atoms with Crippen molar-refractivity contribution in [2.24, 2.45) is 5.92 Å². The largest absolute Gasteiger partial charge is 0.343 e. The molecule has 0 aliphatic carbocycles. The first-order valence-corrected chi connectivity index (χ1v) is 9.34. The van der Waals surface area contributed by atoms with Crippen molar-refractivity contribution in [2.45, 2.75) is 12.5 Å². The molecule has 1 aliphatic rings. The van der Waals surface area contributed by atoms with Gasteiger partial charge in [-0.25, -0.2) is 0 Å². The van der Waals surface area contributed by atoms with Crippen LogP contribution in [0.5, 0.6) is 0 Å². The number of pyridine rings is 1. The van der Waals surface area contributed by atoms with E-state index in [1.165, 1.54) is 0 Å². The van der Waals surface area contributed by atoms with Crippen LogP contribution in [-0.2, 0) is 9.59 Å². The van der Waals surface area contributed by atoms with E-state index in [4.69, 9.17) is 0 Å². The summed E-state index contributed by atoms with van der Waals surface area (Å²) < 4.78 is 0. The number of anilines is 1. The Balaban J connectivity index is 1.53. The standard InChI is InChI=1S/C23H21N3O2/c27-21-15-18(16-26(21)19-11-5-2-6-12-19)23(28)25-22(17-9-3-1-4-10-17)20-13-7-8-14-24-20/h1-14,18,22H,15-16H2,(H,25,28)/t18-,22-/m0/s1. The minimum Gasteiger partial charge on any atom is -0.343 e. The summed E-state index contributed by atoms with van der Waals surface area (Å²) in [6.07, 6.45) is 1.93. The fraction of sp³-hybridized carbons (Fsp3) is 0.174. The number of amides is 2. The summed E-state index contributed by atoms with van der Waals surface area (Å²) in [7, 11) is 0. The molecule has 0 spiro atoms. The van der Waals surface area contributed by atoms with E-state index >= 15 is 0 Å². The highest BCUT2D eigenvalue weighted by Crippen LogP contribution is 2.27. The van der Waals surface area contributed by atoms with E-state index in [1.807, 2.05) is 78.9 Å². The molecule has 2 atom stereocenters. The van der Waals surface area contributed by atoms with Crippen LogP contribution in [0.4, 0.5) is 5.69 Å². The van der Waals surface area contributed by atoms with Crippen LogP contribution < -0.4 is 10.2 Å². The highest BCUT2D eigenvalue weighted by molar-refractivity contribution is 6.00. The molecule has 1 saturated heterocycles. The number of hydrogen-bond acceptors (Lipinski definition) is 3. The maximum absolute atomic E-state index is 13.0. The molecule has 1 aromatic heterocycles. The summed E-state index contributed by atoms with van der Waals surface area (Å²) in [5.74, 6) is -0.547. The quantitative estimate of drug-likeness (QED) is 0.748. The molecule has 140 valence electrons. The van der Waals surface area contributed by atoms with E-state index in [9.17, 15) is 9.59 Å². The third kappa shape index (κ3) is 3.78. The number of para-hydroxylation sites is 1. The molecule has 3 aromatic rings. The van der Waals surface area contributed by atoms with Gasteiger partial charge in [-0.3, -0.25) is 14.6 Å². The molecule has 2 aromatic carbocycles. The van der Waals surface area contributed by atoms with Gasteiger partial charge in [0.05, 0.1) is 17.7 Å². The van der Waals surface area contributed by atoms with E-state index in [0.717, 1.165) is 16.9 Å². The first kappa shape index (κ1) is 17.9. The Bertz CT molecular complexity index is 906. The molecule has 4 rings (SSSR count). The predicted octanol–water partition coefficient (Wildman–Crippen LogP) is 3.34. The highest BCUT2D eigenvalue weighted by atomic mass is 16.2. The number of carbonyl (C=O) groups excluding carboxylic acids is 2. The molecule has 0 unspecified atom stereocenters. The second-order valence-electron chi connectivity index (χ2n) is 6.85. The van der Waals surface area contributed by atoms with Crippen molar-refractivity contribution in [1.29, 1.82) is 0 Å². The third-order valence-corrected chi connectivity index (χ3v) is 4.97. The predicted molar refractivity (Wildman–Crippen MR) is 108 cm³/mol. The minimum atomic E-state index is -0.386. The lowest BCUT2D eigenvalue weighted by molar-refractivity contribution is -0.126. The summed E-state index contributed by atoms with van der Waals surface area (Å²) in [5, 5.41) is 3.10. The Labute approximate surface area is 164 Å². The van der Waals surface area contributed by atoms with Crippen molar-refractivity contribution in [3.63, 3.8) is 0 Å². The second kappa shape index (κ2) is 8.05. The van der Waals surface area contributed by atoms with Gasteiger partial charge < -0.3 is 10.2 Å². The van der Waals surface area contributed by atoms with Crippen molar-refractivity contribution >= 4 is 17.5 Å². The van der Waals surface area contributed by atoms with E-state index in [2.05, 4.69) is 10.3 Å². The van der Waals surface area contributed by atoms with Crippen LogP contribution in [0.1, 0.15) is 23.7 Å². The first-order chi connectivity index (χ1) is 13.7. The van der Waals surface area contributed by atoms with Gasteiger partial charge in [0, 0.05) is 24.8 Å². The Morgan fingerprint density at radius 3 is 2.32 bits per heavy atom. The number of hydrogen-bond donors (Lipinski definition) is 1. The molecule has 5 heteroatoms. The maximum Gasteiger partial charge on any atom is 0.227 e. The van der Waals surface area contributed by atoms with Gasteiger partial charge in [0.1, 0.15) is 0 Å². The Hall–Kier alpha value is -3.47. The normalized spacial score (nSPS) is 17.4. The van der Waals surface area contributed by atoms with Gasteiger partial charge in [-0.05, 0) is 29.8 Å². The van der Waals surface area contributed by atoms with Crippen molar-refractivity contribution in [1.82, 2.24) is 10.3 Å². The third-order valence-electron chi connectivity index (χ3n) is 4.97. The number of nitrogens with one attached hydrogen (secondary N) is 1. The lowest BCUT2D eigenvalue weighted by Crippen LogP contribution is -2.36. The zero-order valence-corrected chi connectivity index (χ0v) is 15.4. The lowest BCUT2D eigenvalue weighted by Gasteiger charge is -2.21. The summed E-state index contributed by atoms with van der Waals surface area (Å²) in [5.41, 5.74) is 2.55. The van der Waals surface area contributed by atoms with Gasteiger partial charge in [-0.1, -0.05) is 54.6 Å². The van der Waals surface area contributed by atoms with Crippen LogP contribution in [0.3, 0.4) is 0 Å². The molecule has 0 radical (unpaired) electrons.